The molecule has 0 radical (unpaired) electrons. The summed E-state index contributed by atoms with van der Waals surface area (Å²) in [5.41, 5.74) is 1.19. The number of ether oxygens (including phenoxy) is 1. The van der Waals surface area contributed by atoms with Crippen LogP contribution in [-0.2, 0) is 0 Å². The van der Waals surface area contributed by atoms with Gasteiger partial charge in [-0.05, 0) is 52.7 Å². The van der Waals surface area contributed by atoms with Gasteiger partial charge in [-0.2, -0.15) is 0 Å². The average molecular weight is 315 g/mol. The zero-order chi connectivity index (χ0) is 13.5. The molecule has 0 amide bonds. The molecule has 1 aromatic carbocycles. The molecule has 0 fully saturated rings. The van der Waals surface area contributed by atoms with Crippen molar-refractivity contribution in [2.24, 2.45) is 0 Å². The van der Waals surface area contributed by atoms with Crippen molar-refractivity contribution in [3.63, 3.8) is 0 Å². The molecule has 1 N–H and O–H groups in total. The van der Waals surface area contributed by atoms with Crippen LogP contribution in [0.3, 0.4) is 0 Å². The maximum atomic E-state index is 5.88. The van der Waals surface area contributed by atoms with Gasteiger partial charge >= 0.3 is 0 Å². The summed E-state index contributed by atoms with van der Waals surface area (Å²) in [5, 5.41) is 3.25. The SMILES string of the molecule is CNC(C)c1cc(Br)ccc1OCCCN(C)C. The fourth-order valence-electron chi connectivity index (χ4n) is 1.71. The molecule has 0 saturated heterocycles. The Morgan fingerprint density at radius 3 is 2.72 bits per heavy atom. The predicted octanol–water partition coefficient (Wildman–Crippen LogP) is 3.06. The van der Waals surface area contributed by atoms with Gasteiger partial charge in [-0.15, -0.1) is 0 Å². The van der Waals surface area contributed by atoms with Crippen molar-refractivity contribution in [3.8, 4) is 5.75 Å². The van der Waals surface area contributed by atoms with Gasteiger partial charge in [0.25, 0.3) is 0 Å². The molecule has 0 aliphatic carbocycles. The van der Waals surface area contributed by atoms with Crippen molar-refractivity contribution in [1.82, 2.24) is 10.2 Å². The highest BCUT2D eigenvalue weighted by atomic mass is 79.9. The monoisotopic (exact) mass is 314 g/mol. The second-order valence-electron chi connectivity index (χ2n) is 4.70. The van der Waals surface area contributed by atoms with Crippen LogP contribution in [0.25, 0.3) is 0 Å². The van der Waals surface area contributed by atoms with Gasteiger partial charge in [-0.25, -0.2) is 0 Å². The number of hydrogen-bond acceptors (Lipinski definition) is 3. The van der Waals surface area contributed by atoms with E-state index in [1.807, 2.05) is 19.2 Å². The highest BCUT2D eigenvalue weighted by Crippen LogP contribution is 2.28. The standard InChI is InChI=1S/C14H23BrN2O/c1-11(16-2)13-10-12(15)6-7-14(13)18-9-5-8-17(3)4/h6-7,10-11,16H,5,8-9H2,1-4H3. The Morgan fingerprint density at radius 2 is 2.11 bits per heavy atom. The molecule has 0 aliphatic heterocycles. The minimum absolute atomic E-state index is 0.284. The van der Waals surface area contributed by atoms with E-state index in [9.17, 15) is 0 Å². The lowest BCUT2D eigenvalue weighted by Gasteiger charge is -2.17. The van der Waals surface area contributed by atoms with Crippen LogP contribution in [0.1, 0.15) is 24.9 Å². The van der Waals surface area contributed by atoms with Crippen LogP contribution in [-0.4, -0.2) is 39.2 Å². The second-order valence-corrected chi connectivity index (χ2v) is 5.61. The molecule has 0 heterocycles. The predicted molar refractivity (Wildman–Crippen MR) is 80.3 cm³/mol. The summed E-state index contributed by atoms with van der Waals surface area (Å²) in [5.74, 6) is 0.971. The molecule has 0 bridgehead atoms. The first-order valence-corrected chi connectivity index (χ1v) is 7.08. The molecule has 1 unspecified atom stereocenters. The third kappa shape index (κ3) is 4.96. The Kier molecular flexibility index (Phi) is 6.68. The number of benzene rings is 1. The van der Waals surface area contributed by atoms with Crippen molar-refractivity contribution < 1.29 is 4.74 Å². The molecule has 0 saturated carbocycles. The van der Waals surface area contributed by atoms with Gasteiger partial charge in [0.2, 0.25) is 0 Å². The maximum absolute atomic E-state index is 5.88. The Labute approximate surface area is 119 Å². The largest absolute Gasteiger partial charge is 0.493 e. The van der Waals surface area contributed by atoms with Crippen LogP contribution < -0.4 is 10.1 Å². The second kappa shape index (κ2) is 7.77. The van der Waals surface area contributed by atoms with Gasteiger partial charge < -0.3 is 15.0 Å². The highest BCUT2D eigenvalue weighted by molar-refractivity contribution is 9.10. The van der Waals surface area contributed by atoms with E-state index in [0.717, 1.165) is 29.8 Å². The number of nitrogens with zero attached hydrogens (tertiary/aromatic N) is 1. The summed E-state index contributed by atoms with van der Waals surface area (Å²) >= 11 is 3.50. The first-order valence-electron chi connectivity index (χ1n) is 6.29. The summed E-state index contributed by atoms with van der Waals surface area (Å²) in [6.07, 6.45) is 1.04. The topological polar surface area (TPSA) is 24.5 Å². The van der Waals surface area contributed by atoms with E-state index in [1.54, 1.807) is 0 Å². The van der Waals surface area contributed by atoms with Gasteiger partial charge in [-0.1, -0.05) is 15.9 Å². The van der Waals surface area contributed by atoms with E-state index in [2.05, 4.69) is 53.2 Å². The zero-order valence-corrected chi connectivity index (χ0v) is 13.3. The summed E-state index contributed by atoms with van der Waals surface area (Å²) in [4.78, 5) is 2.17. The molecular weight excluding hydrogens is 292 g/mol. The summed E-state index contributed by atoms with van der Waals surface area (Å²) in [6.45, 7) is 3.94. The smallest absolute Gasteiger partial charge is 0.124 e. The van der Waals surface area contributed by atoms with Gasteiger partial charge in [0.15, 0.2) is 0 Å². The number of rotatable bonds is 7. The van der Waals surface area contributed by atoms with Crippen molar-refractivity contribution in [1.29, 1.82) is 0 Å². The highest BCUT2D eigenvalue weighted by Gasteiger charge is 2.10. The van der Waals surface area contributed by atoms with E-state index in [1.165, 1.54) is 5.56 Å². The van der Waals surface area contributed by atoms with Gasteiger partial charge in [0.05, 0.1) is 6.61 Å². The molecule has 18 heavy (non-hydrogen) atoms. The van der Waals surface area contributed by atoms with E-state index in [-0.39, 0.29) is 6.04 Å². The van der Waals surface area contributed by atoms with Gasteiger partial charge in [-0.3, -0.25) is 0 Å². The molecule has 0 aliphatic rings. The van der Waals surface area contributed by atoms with Crippen LogP contribution in [0.4, 0.5) is 0 Å². The lowest BCUT2D eigenvalue weighted by atomic mass is 10.1. The third-order valence-corrected chi connectivity index (χ3v) is 3.37. The lowest BCUT2D eigenvalue weighted by molar-refractivity contribution is 0.278. The Hall–Kier alpha value is -0.580. The third-order valence-electron chi connectivity index (χ3n) is 2.88. The average Bonchev–Trinajstić information content (AvgIpc) is 2.34. The summed E-state index contributed by atoms with van der Waals surface area (Å²) in [6, 6.07) is 6.45. The summed E-state index contributed by atoms with van der Waals surface area (Å²) in [7, 11) is 6.11. The molecule has 1 aromatic rings. The molecule has 0 aromatic heterocycles. The molecule has 1 rings (SSSR count). The summed E-state index contributed by atoms with van der Waals surface area (Å²) < 4.78 is 6.96. The van der Waals surface area contributed by atoms with Crippen LogP contribution in [0.5, 0.6) is 5.75 Å². The Balaban J connectivity index is 2.63. The lowest BCUT2D eigenvalue weighted by Crippen LogP contribution is -2.17. The zero-order valence-electron chi connectivity index (χ0n) is 11.7. The van der Waals surface area contributed by atoms with E-state index >= 15 is 0 Å². The maximum Gasteiger partial charge on any atom is 0.124 e. The molecular formula is C14H23BrN2O. The van der Waals surface area contributed by atoms with Crippen LogP contribution in [0.15, 0.2) is 22.7 Å². The van der Waals surface area contributed by atoms with Crippen LogP contribution in [0.2, 0.25) is 0 Å². The van der Waals surface area contributed by atoms with E-state index in [4.69, 9.17) is 4.74 Å². The fraction of sp³-hybridized carbons (Fsp3) is 0.571. The van der Waals surface area contributed by atoms with E-state index in [0.29, 0.717) is 0 Å². The molecule has 102 valence electrons. The number of nitrogens with one attached hydrogen (secondary N) is 1. The normalized spacial score (nSPS) is 12.8. The Morgan fingerprint density at radius 1 is 1.39 bits per heavy atom. The minimum Gasteiger partial charge on any atom is -0.493 e. The van der Waals surface area contributed by atoms with Crippen molar-refractivity contribution in [2.75, 3.05) is 34.3 Å². The van der Waals surface area contributed by atoms with Gasteiger partial charge in [0.1, 0.15) is 5.75 Å². The quantitative estimate of drug-likeness (QED) is 0.783. The first-order chi connectivity index (χ1) is 8.54. The van der Waals surface area contributed by atoms with Crippen LogP contribution >= 0.6 is 15.9 Å². The molecule has 4 heteroatoms. The first kappa shape index (κ1) is 15.5. The molecule has 3 nitrogen and oxygen atoms in total. The van der Waals surface area contributed by atoms with Crippen molar-refractivity contribution in [3.05, 3.63) is 28.2 Å². The van der Waals surface area contributed by atoms with E-state index < -0.39 is 0 Å². The molecule has 1 atom stereocenters. The Bertz CT molecular complexity index is 369. The van der Waals surface area contributed by atoms with Crippen molar-refractivity contribution >= 4 is 15.9 Å². The minimum atomic E-state index is 0.284. The van der Waals surface area contributed by atoms with Crippen molar-refractivity contribution in [2.45, 2.75) is 19.4 Å². The molecule has 0 spiro atoms. The number of hydrogen-bond donors (Lipinski definition) is 1. The number of halogens is 1. The van der Waals surface area contributed by atoms with Crippen LogP contribution in [0, 0.1) is 0 Å². The van der Waals surface area contributed by atoms with Gasteiger partial charge in [0, 0.05) is 22.6 Å². The fourth-order valence-corrected chi connectivity index (χ4v) is 2.09.